The predicted molar refractivity (Wildman–Crippen MR) is 62.2 cm³/mol. The van der Waals surface area contributed by atoms with Crippen LogP contribution in [0, 0.1) is 6.92 Å². The summed E-state index contributed by atoms with van der Waals surface area (Å²) in [5.74, 6) is -0.385. The molecule has 3 N–H and O–H groups in total. The summed E-state index contributed by atoms with van der Waals surface area (Å²) in [6.07, 6.45) is -0.0133. The second-order valence-corrected chi connectivity index (χ2v) is 3.84. The third kappa shape index (κ3) is 3.55. The summed E-state index contributed by atoms with van der Waals surface area (Å²) in [6.45, 7) is 3.71. The largest absolute Gasteiger partial charge is 0.462 e. The summed E-state index contributed by atoms with van der Waals surface area (Å²) in [5.41, 5.74) is 7.63. The monoisotopic (exact) mass is 223 g/mol. The van der Waals surface area contributed by atoms with Crippen LogP contribution in [0.1, 0.15) is 29.3 Å². The highest BCUT2D eigenvalue weighted by molar-refractivity contribution is 5.90. The Morgan fingerprint density at radius 3 is 2.81 bits per heavy atom. The normalized spacial score (nSPS) is 12.2. The van der Waals surface area contributed by atoms with Gasteiger partial charge in [-0.05, 0) is 37.6 Å². The molecule has 1 atom stereocenters. The fraction of sp³-hybridized carbons (Fsp3) is 0.417. The standard InChI is InChI=1S/C12H17NO3/c1-8-7-10(3-4-11(8)13)12(15)16-6-5-9(2)14/h3-4,7,9,14H,5-6,13H2,1-2H3. The van der Waals surface area contributed by atoms with Gasteiger partial charge in [-0.3, -0.25) is 0 Å². The zero-order valence-electron chi connectivity index (χ0n) is 9.56. The highest BCUT2D eigenvalue weighted by Gasteiger charge is 2.08. The van der Waals surface area contributed by atoms with Crippen LogP contribution in [0.2, 0.25) is 0 Å². The molecule has 0 aliphatic heterocycles. The number of ether oxygens (including phenoxy) is 1. The zero-order valence-corrected chi connectivity index (χ0v) is 9.56. The van der Waals surface area contributed by atoms with Crippen molar-refractivity contribution in [1.29, 1.82) is 0 Å². The van der Waals surface area contributed by atoms with Gasteiger partial charge in [-0.2, -0.15) is 0 Å². The van der Waals surface area contributed by atoms with Crippen molar-refractivity contribution in [1.82, 2.24) is 0 Å². The molecule has 4 heteroatoms. The van der Waals surface area contributed by atoms with Crippen LogP contribution in [-0.2, 0) is 4.74 Å². The van der Waals surface area contributed by atoms with Crippen molar-refractivity contribution in [2.24, 2.45) is 0 Å². The van der Waals surface area contributed by atoms with Crippen LogP contribution < -0.4 is 5.73 Å². The topological polar surface area (TPSA) is 72.5 Å². The summed E-state index contributed by atoms with van der Waals surface area (Å²) >= 11 is 0. The Balaban J connectivity index is 2.56. The number of hydrogen-bond acceptors (Lipinski definition) is 4. The van der Waals surface area contributed by atoms with Crippen LogP contribution in [0.3, 0.4) is 0 Å². The Bertz CT molecular complexity index is 375. The molecule has 16 heavy (non-hydrogen) atoms. The van der Waals surface area contributed by atoms with Crippen LogP contribution in [0.4, 0.5) is 5.69 Å². The Morgan fingerprint density at radius 2 is 2.25 bits per heavy atom. The van der Waals surface area contributed by atoms with Crippen LogP contribution in [0.5, 0.6) is 0 Å². The number of nitrogens with two attached hydrogens (primary N) is 1. The number of esters is 1. The molecule has 88 valence electrons. The first kappa shape index (κ1) is 12.5. The Hall–Kier alpha value is -1.55. The minimum Gasteiger partial charge on any atom is -0.462 e. The van der Waals surface area contributed by atoms with Gasteiger partial charge in [0.25, 0.3) is 0 Å². The number of benzene rings is 1. The van der Waals surface area contributed by atoms with Crippen LogP contribution in [0.25, 0.3) is 0 Å². The molecule has 0 radical (unpaired) electrons. The summed E-state index contributed by atoms with van der Waals surface area (Å²) < 4.78 is 4.99. The Kier molecular flexibility index (Phi) is 4.31. The van der Waals surface area contributed by atoms with Crippen LogP contribution in [0.15, 0.2) is 18.2 Å². The Morgan fingerprint density at radius 1 is 1.56 bits per heavy atom. The van der Waals surface area contributed by atoms with E-state index in [-0.39, 0.29) is 12.6 Å². The number of aliphatic hydroxyl groups excluding tert-OH is 1. The maximum Gasteiger partial charge on any atom is 0.338 e. The van der Waals surface area contributed by atoms with Gasteiger partial charge < -0.3 is 15.6 Å². The second-order valence-electron chi connectivity index (χ2n) is 3.84. The van der Waals surface area contributed by atoms with E-state index in [9.17, 15) is 4.79 Å². The minimum atomic E-state index is -0.457. The molecule has 0 amide bonds. The van der Waals surface area contributed by atoms with Crippen molar-refractivity contribution in [2.75, 3.05) is 12.3 Å². The van der Waals surface area contributed by atoms with E-state index in [1.807, 2.05) is 6.92 Å². The summed E-state index contributed by atoms with van der Waals surface area (Å²) in [7, 11) is 0. The van der Waals surface area contributed by atoms with Gasteiger partial charge in [-0.1, -0.05) is 0 Å². The molecule has 1 rings (SSSR count). The third-order valence-corrected chi connectivity index (χ3v) is 2.27. The van der Waals surface area contributed by atoms with Crippen molar-refractivity contribution in [2.45, 2.75) is 26.4 Å². The lowest BCUT2D eigenvalue weighted by Gasteiger charge is -2.07. The van der Waals surface area contributed by atoms with E-state index in [4.69, 9.17) is 15.6 Å². The average molecular weight is 223 g/mol. The lowest BCUT2D eigenvalue weighted by molar-refractivity contribution is 0.0444. The molecule has 4 nitrogen and oxygen atoms in total. The molecule has 0 fully saturated rings. The number of carbonyl (C=O) groups is 1. The van der Waals surface area contributed by atoms with E-state index < -0.39 is 6.10 Å². The highest BCUT2D eigenvalue weighted by atomic mass is 16.5. The van der Waals surface area contributed by atoms with Crippen LogP contribution in [-0.4, -0.2) is 23.8 Å². The third-order valence-electron chi connectivity index (χ3n) is 2.27. The summed E-state index contributed by atoms with van der Waals surface area (Å²) in [4.78, 5) is 11.5. The first-order valence-electron chi connectivity index (χ1n) is 5.22. The fourth-order valence-electron chi connectivity index (χ4n) is 1.21. The van der Waals surface area contributed by atoms with E-state index in [0.29, 0.717) is 17.7 Å². The van der Waals surface area contributed by atoms with Gasteiger partial charge in [0, 0.05) is 12.1 Å². The van der Waals surface area contributed by atoms with Gasteiger partial charge >= 0.3 is 5.97 Å². The fourth-order valence-corrected chi connectivity index (χ4v) is 1.21. The number of nitrogen functional groups attached to an aromatic ring is 1. The molecular weight excluding hydrogens is 206 g/mol. The van der Waals surface area contributed by atoms with Gasteiger partial charge in [0.15, 0.2) is 0 Å². The summed E-state index contributed by atoms with van der Waals surface area (Å²) in [5, 5.41) is 9.01. The first-order chi connectivity index (χ1) is 7.50. The number of carbonyl (C=O) groups excluding carboxylic acids is 1. The van der Waals surface area contributed by atoms with Crippen molar-refractivity contribution in [3.05, 3.63) is 29.3 Å². The Labute approximate surface area is 95.0 Å². The lowest BCUT2D eigenvalue weighted by atomic mass is 10.1. The van der Waals surface area contributed by atoms with Gasteiger partial charge in [-0.25, -0.2) is 4.79 Å². The number of anilines is 1. The lowest BCUT2D eigenvalue weighted by Crippen LogP contribution is -2.11. The predicted octanol–water partition coefficient (Wildman–Crippen LogP) is 1.50. The molecule has 0 saturated carbocycles. The molecule has 0 aliphatic carbocycles. The molecule has 1 aromatic rings. The quantitative estimate of drug-likeness (QED) is 0.599. The maximum atomic E-state index is 11.5. The molecule has 1 unspecified atom stereocenters. The molecule has 0 heterocycles. The minimum absolute atomic E-state index is 0.222. The van der Waals surface area contributed by atoms with Crippen molar-refractivity contribution < 1.29 is 14.6 Å². The molecule has 0 bridgehead atoms. The zero-order chi connectivity index (χ0) is 12.1. The van der Waals surface area contributed by atoms with Crippen molar-refractivity contribution in [3.63, 3.8) is 0 Å². The van der Waals surface area contributed by atoms with Crippen molar-refractivity contribution >= 4 is 11.7 Å². The van der Waals surface area contributed by atoms with E-state index in [1.165, 1.54) is 0 Å². The number of rotatable bonds is 4. The average Bonchev–Trinajstić information content (AvgIpc) is 2.21. The molecule has 0 spiro atoms. The molecular formula is C12H17NO3. The van der Waals surface area contributed by atoms with E-state index in [1.54, 1.807) is 25.1 Å². The summed E-state index contributed by atoms with van der Waals surface area (Å²) in [6, 6.07) is 5.01. The number of aliphatic hydroxyl groups is 1. The highest BCUT2D eigenvalue weighted by Crippen LogP contribution is 2.13. The first-order valence-corrected chi connectivity index (χ1v) is 5.22. The molecule has 0 aromatic heterocycles. The van der Waals surface area contributed by atoms with E-state index in [0.717, 1.165) is 5.56 Å². The maximum absolute atomic E-state index is 11.5. The van der Waals surface area contributed by atoms with E-state index in [2.05, 4.69) is 0 Å². The number of aryl methyl sites for hydroxylation is 1. The second kappa shape index (κ2) is 5.51. The van der Waals surface area contributed by atoms with Gasteiger partial charge in [0.05, 0.1) is 18.3 Å². The smallest absolute Gasteiger partial charge is 0.338 e. The van der Waals surface area contributed by atoms with Gasteiger partial charge in [0.2, 0.25) is 0 Å². The van der Waals surface area contributed by atoms with Gasteiger partial charge in [-0.15, -0.1) is 0 Å². The SMILES string of the molecule is Cc1cc(C(=O)OCCC(C)O)ccc1N. The number of hydrogen-bond donors (Lipinski definition) is 2. The molecule has 0 aliphatic rings. The van der Waals surface area contributed by atoms with Crippen LogP contribution >= 0.6 is 0 Å². The molecule has 1 aromatic carbocycles. The van der Waals surface area contributed by atoms with E-state index >= 15 is 0 Å². The van der Waals surface area contributed by atoms with Crippen molar-refractivity contribution in [3.8, 4) is 0 Å². The molecule has 0 saturated heterocycles. The van der Waals surface area contributed by atoms with Gasteiger partial charge in [0.1, 0.15) is 0 Å².